The van der Waals surface area contributed by atoms with E-state index in [2.05, 4.69) is 15.0 Å². The first-order chi connectivity index (χ1) is 20.9. The van der Waals surface area contributed by atoms with Crippen LogP contribution in [-0.2, 0) is 36.2 Å². The third kappa shape index (κ3) is 6.09. The topological polar surface area (TPSA) is 127 Å². The van der Waals surface area contributed by atoms with Gasteiger partial charge in [0, 0.05) is 43.7 Å². The molecule has 5 aromatic rings. The fourth-order valence-corrected chi connectivity index (χ4v) is 5.45. The molecule has 0 N–H and O–H groups in total. The van der Waals surface area contributed by atoms with E-state index in [-0.39, 0.29) is 36.5 Å². The molecule has 0 radical (unpaired) electrons. The summed E-state index contributed by atoms with van der Waals surface area (Å²) in [6.45, 7) is 0.236. The van der Waals surface area contributed by atoms with Gasteiger partial charge in [-0.05, 0) is 24.5 Å². The fourth-order valence-electron chi connectivity index (χ4n) is 4.92. The Labute approximate surface area is 250 Å². The van der Waals surface area contributed by atoms with Crippen LogP contribution in [0.1, 0.15) is 35.7 Å². The molecule has 4 aromatic heterocycles. The van der Waals surface area contributed by atoms with E-state index in [0.29, 0.717) is 33.9 Å². The van der Waals surface area contributed by atoms with Crippen molar-refractivity contribution in [2.24, 2.45) is 7.05 Å². The van der Waals surface area contributed by atoms with Gasteiger partial charge in [0.15, 0.2) is 11.5 Å². The molecule has 11 nitrogen and oxygen atoms in total. The molecule has 44 heavy (non-hydrogen) atoms. The lowest BCUT2D eigenvalue weighted by Crippen LogP contribution is -2.11. The van der Waals surface area contributed by atoms with Crippen LogP contribution in [0.15, 0.2) is 49.1 Å². The molecule has 1 aliphatic rings. The van der Waals surface area contributed by atoms with Crippen molar-refractivity contribution in [2.75, 3.05) is 19.1 Å². The SMILES string of the molecule is COc1ncnc(C2CC2)c1-c1nc(OCc2ccc(-c3nc(C(F)(F)F)cn3C)cc2)c2c(ccn2CCS(C)(=O)=O)n1. The number of methoxy groups -OCH3 is 1. The predicted molar refractivity (Wildman–Crippen MR) is 155 cm³/mol. The Kier molecular flexibility index (Phi) is 7.51. The second-order valence-electron chi connectivity index (χ2n) is 10.7. The smallest absolute Gasteiger partial charge is 0.434 e. The highest BCUT2D eigenvalue weighted by Gasteiger charge is 2.35. The number of aryl methyl sites for hydroxylation is 2. The Bertz CT molecular complexity index is 1950. The van der Waals surface area contributed by atoms with Gasteiger partial charge in [0.2, 0.25) is 11.8 Å². The Morgan fingerprint density at radius 3 is 2.41 bits per heavy atom. The van der Waals surface area contributed by atoms with E-state index in [1.165, 1.54) is 31.3 Å². The van der Waals surface area contributed by atoms with Gasteiger partial charge in [0.1, 0.15) is 39.7 Å². The van der Waals surface area contributed by atoms with E-state index in [1.54, 1.807) is 41.1 Å². The van der Waals surface area contributed by atoms with E-state index in [0.717, 1.165) is 30.3 Å². The number of fused-ring (bicyclic) bond motifs is 1. The number of imidazole rings is 1. The van der Waals surface area contributed by atoms with E-state index in [9.17, 15) is 21.6 Å². The molecule has 0 unspecified atom stereocenters. The summed E-state index contributed by atoms with van der Waals surface area (Å²) in [6, 6.07) is 8.58. The van der Waals surface area contributed by atoms with Crippen LogP contribution >= 0.6 is 0 Å². The summed E-state index contributed by atoms with van der Waals surface area (Å²) in [7, 11) is -0.228. The molecule has 230 valence electrons. The second kappa shape index (κ2) is 11.2. The van der Waals surface area contributed by atoms with Crippen molar-refractivity contribution in [1.82, 2.24) is 34.1 Å². The summed E-state index contributed by atoms with van der Waals surface area (Å²) in [6.07, 6.45) is 2.72. The molecule has 15 heteroatoms. The van der Waals surface area contributed by atoms with Crippen molar-refractivity contribution < 1.29 is 31.1 Å². The molecule has 0 saturated heterocycles. The number of aromatic nitrogens is 7. The van der Waals surface area contributed by atoms with E-state index < -0.39 is 21.7 Å². The fraction of sp³-hybridized carbons (Fsp3) is 0.345. The van der Waals surface area contributed by atoms with Crippen LogP contribution in [0, 0.1) is 0 Å². The van der Waals surface area contributed by atoms with E-state index >= 15 is 0 Å². The largest absolute Gasteiger partial charge is 0.480 e. The monoisotopic (exact) mass is 627 g/mol. The molecule has 0 aliphatic heterocycles. The molecule has 4 heterocycles. The molecular formula is C29H28F3N7O4S. The molecule has 1 aromatic carbocycles. The molecule has 0 amide bonds. The maximum absolute atomic E-state index is 13.1. The van der Waals surface area contributed by atoms with Gasteiger partial charge in [-0.3, -0.25) is 0 Å². The Hall–Kier alpha value is -4.53. The highest BCUT2D eigenvalue weighted by atomic mass is 32.2. The summed E-state index contributed by atoms with van der Waals surface area (Å²) in [4.78, 5) is 22.0. The van der Waals surface area contributed by atoms with E-state index in [1.807, 2.05) is 0 Å². The highest BCUT2D eigenvalue weighted by molar-refractivity contribution is 7.90. The van der Waals surface area contributed by atoms with Crippen molar-refractivity contribution in [2.45, 2.75) is 38.1 Å². The van der Waals surface area contributed by atoms with Crippen LogP contribution in [0.4, 0.5) is 13.2 Å². The molecule has 6 rings (SSSR count). The Balaban J connectivity index is 1.35. The van der Waals surface area contributed by atoms with Crippen LogP contribution in [0.25, 0.3) is 33.8 Å². The lowest BCUT2D eigenvalue weighted by Gasteiger charge is -2.14. The molecule has 0 spiro atoms. The normalized spacial score (nSPS) is 13.9. The van der Waals surface area contributed by atoms with Gasteiger partial charge in [-0.15, -0.1) is 0 Å². The summed E-state index contributed by atoms with van der Waals surface area (Å²) in [5.74, 6) is 1.21. The van der Waals surface area contributed by atoms with Crippen LogP contribution in [-0.4, -0.2) is 61.6 Å². The number of ether oxygens (including phenoxy) is 2. The molecule has 0 atom stereocenters. The molecular weight excluding hydrogens is 599 g/mol. The van der Waals surface area contributed by atoms with Crippen molar-refractivity contribution in [3.05, 3.63) is 66.0 Å². The Morgan fingerprint density at radius 2 is 1.77 bits per heavy atom. The van der Waals surface area contributed by atoms with Crippen molar-refractivity contribution >= 4 is 20.9 Å². The van der Waals surface area contributed by atoms with Crippen molar-refractivity contribution in [1.29, 1.82) is 0 Å². The van der Waals surface area contributed by atoms with Crippen LogP contribution in [0.2, 0.25) is 0 Å². The third-order valence-electron chi connectivity index (χ3n) is 7.26. The van der Waals surface area contributed by atoms with E-state index in [4.69, 9.17) is 19.4 Å². The third-order valence-corrected chi connectivity index (χ3v) is 8.18. The highest BCUT2D eigenvalue weighted by Crippen LogP contribution is 2.45. The molecule has 1 saturated carbocycles. The first-order valence-electron chi connectivity index (χ1n) is 13.7. The maximum atomic E-state index is 13.1. The summed E-state index contributed by atoms with van der Waals surface area (Å²) >= 11 is 0. The van der Waals surface area contributed by atoms with Gasteiger partial charge in [-0.25, -0.2) is 28.4 Å². The first-order valence-corrected chi connectivity index (χ1v) is 15.7. The summed E-state index contributed by atoms with van der Waals surface area (Å²) in [5.41, 5.74) is 2.69. The van der Waals surface area contributed by atoms with Gasteiger partial charge < -0.3 is 18.6 Å². The number of sulfone groups is 1. The van der Waals surface area contributed by atoms with Gasteiger partial charge in [0.25, 0.3) is 0 Å². The number of halogens is 3. The van der Waals surface area contributed by atoms with Crippen LogP contribution in [0.5, 0.6) is 11.8 Å². The number of alkyl halides is 3. The molecule has 0 bridgehead atoms. The quantitative estimate of drug-likeness (QED) is 0.214. The molecule has 1 aliphatic carbocycles. The maximum Gasteiger partial charge on any atom is 0.434 e. The number of hydrogen-bond donors (Lipinski definition) is 0. The van der Waals surface area contributed by atoms with Crippen molar-refractivity contribution in [3.63, 3.8) is 0 Å². The van der Waals surface area contributed by atoms with Gasteiger partial charge >= 0.3 is 6.18 Å². The predicted octanol–water partition coefficient (Wildman–Crippen LogP) is 4.82. The number of hydrogen-bond acceptors (Lipinski definition) is 9. The zero-order valence-corrected chi connectivity index (χ0v) is 24.9. The van der Waals surface area contributed by atoms with Crippen LogP contribution in [0.3, 0.4) is 0 Å². The average Bonchev–Trinajstić information content (AvgIpc) is 3.63. The lowest BCUT2D eigenvalue weighted by atomic mass is 10.1. The minimum atomic E-state index is -4.54. The van der Waals surface area contributed by atoms with Crippen molar-refractivity contribution in [3.8, 4) is 34.5 Å². The number of rotatable bonds is 10. The first kappa shape index (κ1) is 29.5. The lowest BCUT2D eigenvalue weighted by molar-refractivity contribution is -0.140. The zero-order chi connectivity index (χ0) is 31.2. The second-order valence-corrected chi connectivity index (χ2v) is 12.9. The van der Waals surface area contributed by atoms with Crippen LogP contribution < -0.4 is 9.47 Å². The van der Waals surface area contributed by atoms with Gasteiger partial charge in [-0.1, -0.05) is 24.3 Å². The Morgan fingerprint density at radius 1 is 1.02 bits per heavy atom. The summed E-state index contributed by atoms with van der Waals surface area (Å²) in [5, 5.41) is 0. The van der Waals surface area contributed by atoms with Gasteiger partial charge in [-0.2, -0.15) is 18.2 Å². The molecule has 1 fully saturated rings. The number of nitrogens with zero attached hydrogens (tertiary/aromatic N) is 7. The standard InChI is InChI=1S/C29H28F3N7O4S/c1-38-14-21(29(30,31)32)36-26(38)19-6-4-17(5-7-19)15-43-28-24-20(10-11-39(24)12-13-44(3,40)41)35-25(37-28)22-23(18-8-9-18)33-16-34-27(22)42-2/h4-7,10-11,14,16,18H,8-9,12-13,15H2,1-3H3. The minimum Gasteiger partial charge on any atom is -0.480 e. The number of benzene rings is 1. The average molecular weight is 628 g/mol. The zero-order valence-electron chi connectivity index (χ0n) is 24.0. The summed E-state index contributed by atoms with van der Waals surface area (Å²) < 4.78 is 78.1. The van der Waals surface area contributed by atoms with Gasteiger partial charge in [0.05, 0.1) is 24.1 Å². The minimum absolute atomic E-state index is 0.0648.